The van der Waals surface area contributed by atoms with E-state index < -0.39 is 16.4 Å². The smallest absolute Gasteiger partial charge is 0.304 e. The van der Waals surface area contributed by atoms with Gasteiger partial charge in [0, 0.05) is 10.5 Å². The second kappa shape index (κ2) is 6.19. The molecular formula is C13H8BrClFNO3. The molecule has 7 heteroatoms. The first kappa shape index (κ1) is 14.7. The normalized spacial score (nSPS) is 10.3. The maximum Gasteiger partial charge on any atom is 0.304 e. The van der Waals surface area contributed by atoms with E-state index in [1.54, 1.807) is 18.2 Å². The molecule has 0 spiro atoms. The van der Waals surface area contributed by atoms with Gasteiger partial charge in [0.15, 0.2) is 0 Å². The molecule has 0 aliphatic carbocycles. The van der Waals surface area contributed by atoms with Gasteiger partial charge in [0.05, 0.1) is 9.95 Å². The van der Waals surface area contributed by atoms with Crippen LogP contribution in [0.5, 0.6) is 5.75 Å². The Balaban J connectivity index is 2.11. The number of halogens is 3. The summed E-state index contributed by atoms with van der Waals surface area (Å²) >= 11 is 9.25. The minimum absolute atomic E-state index is 0.0657. The lowest BCUT2D eigenvalue weighted by atomic mass is 10.2. The largest absolute Gasteiger partial charge is 0.487 e. The molecule has 0 aromatic heterocycles. The van der Waals surface area contributed by atoms with Crippen molar-refractivity contribution in [1.29, 1.82) is 0 Å². The zero-order chi connectivity index (χ0) is 14.7. The van der Waals surface area contributed by atoms with Gasteiger partial charge in [0.1, 0.15) is 12.4 Å². The summed E-state index contributed by atoms with van der Waals surface area (Å²) in [4.78, 5) is 9.73. The molecule has 0 unspecified atom stereocenters. The Bertz CT molecular complexity index is 666. The lowest BCUT2D eigenvalue weighted by Gasteiger charge is -2.08. The lowest BCUT2D eigenvalue weighted by molar-refractivity contribution is -0.387. The van der Waals surface area contributed by atoms with Crippen molar-refractivity contribution >= 4 is 33.2 Å². The molecule has 2 aromatic rings. The summed E-state index contributed by atoms with van der Waals surface area (Å²) in [5, 5.41) is 10.9. The van der Waals surface area contributed by atoms with Crippen LogP contribution in [0.3, 0.4) is 0 Å². The summed E-state index contributed by atoms with van der Waals surface area (Å²) in [6, 6.07) is 8.73. The van der Waals surface area contributed by atoms with E-state index in [0.717, 1.165) is 16.6 Å². The summed E-state index contributed by atoms with van der Waals surface area (Å²) in [6.45, 7) is 0.0657. The fraction of sp³-hybridized carbons (Fsp3) is 0.0769. The molecule has 0 heterocycles. The Labute approximate surface area is 127 Å². The molecule has 4 nitrogen and oxygen atoms in total. The average Bonchev–Trinajstić information content (AvgIpc) is 2.37. The van der Waals surface area contributed by atoms with Gasteiger partial charge >= 0.3 is 5.69 Å². The first-order valence-corrected chi connectivity index (χ1v) is 6.65. The highest BCUT2D eigenvalue weighted by molar-refractivity contribution is 9.10. The average molecular weight is 361 g/mol. The van der Waals surface area contributed by atoms with E-state index in [4.69, 9.17) is 16.3 Å². The molecular weight excluding hydrogens is 353 g/mol. The molecule has 0 aliphatic heterocycles. The van der Waals surface area contributed by atoms with Crippen LogP contribution in [-0.4, -0.2) is 4.92 Å². The topological polar surface area (TPSA) is 52.4 Å². The lowest BCUT2D eigenvalue weighted by Crippen LogP contribution is -1.99. The fourth-order valence-electron chi connectivity index (χ4n) is 1.54. The van der Waals surface area contributed by atoms with Crippen molar-refractivity contribution < 1.29 is 14.1 Å². The number of nitro benzene ring substituents is 1. The third-order valence-electron chi connectivity index (χ3n) is 2.50. The molecule has 20 heavy (non-hydrogen) atoms. The van der Waals surface area contributed by atoms with Crippen molar-refractivity contribution in [2.75, 3.05) is 0 Å². The zero-order valence-corrected chi connectivity index (χ0v) is 12.3. The summed E-state index contributed by atoms with van der Waals surface area (Å²) in [6.07, 6.45) is 0. The van der Waals surface area contributed by atoms with Gasteiger partial charge in [-0.1, -0.05) is 27.5 Å². The zero-order valence-electron chi connectivity index (χ0n) is 9.98. The van der Waals surface area contributed by atoms with Crippen molar-refractivity contribution in [2.24, 2.45) is 0 Å². The van der Waals surface area contributed by atoms with Gasteiger partial charge in [0.25, 0.3) is 0 Å². The van der Waals surface area contributed by atoms with Gasteiger partial charge < -0.3 is 4.74 Å². The van der Waals surface area contributed by atoms with Crippen LogP contribution in [0.1, 0.15) is 5.56 Å². The highest BCUT2D eigenvalue weighted by Gasteiger charge is 2.14. The number of nitrogens with zero attached hydrogens (tertiary/aromatic N) is 1. The second-order valence-electron chi connectivity index (χ2n) is 3.91. The minimum Gasteiger partial charge on any atom is -0.487 e. The summed E-state index contributed by atoms with van der Waals surface area (Å²) in [7, 11) is 0. The first-order chi connectivity index (χ1) is 9.47. The van der Waals surface area contributed by atoms with E-state index in [1.807, 2.05) is 0 Å². The monoisotopic (exact) mass is 359 g/mol. The predicted molar refractivity (Wildman–Crippen MR) is 76.5 cm³/mol. The van der Waals surface area contributed by atoms with Crippen LogP contribution in [0, 0.1) is 15.9 Å². The number of hydrogen-bond donors (Lipinski definition) is 0. The number of benzene rings is 2. The van der Waals surface area contributed by atoms with Crippen molar-refractivity contribution in [3.63, 3.8) is 0 Å². The molecule has 104 valence electrons. The quantitative estimate of drug-likeness (QED) is 0.585. The first-order valence-electron chi connectivity index (χ1n) is 5.48. The Morgan fingerprint density at radius 3 is 2.65 bits per heavy atom. The molecule has 0 amide bonds. The molecule has 0 aliphatic rings. The summed E-state index contributed by atoms with van der Waals surface area (Å²) < 4.78 is 19.7. The molecule has 0 atom stereocenters. The van der Waals surface area contributed by atoms with E-state index in [9.17, 15) is 14.5 Å². The SMILES string of the molecule is O=[N+]([O-])c1ccc(COc2ccc(Br)cc2Cl)cc1F. The molecule has 0 radical (unpaired) electrons. The minimum atomic E-state index is -0.891. The number of rotatable bonds is 4. The van der Waals surface area contributed by atoms with Crippen LogP contribution in [0.15, 0.2) is 40.9 Å². The Kier molecular flexibility index (Phi) is 4.57. The number of ether oxygens (including phenoxy) is 1. The van der Waals surface area contributed by atoms with Gasteiger partial charge in [-0.05, 0) is 35.9 Å². The Hall–Kier alpha value is -1.66. The maximum absolute atomic E-state index is 13.4. The van der Waals surface area contributed by atoms with Gasteiger partial charge in [-0.3, -0.25) is 10.1 Å². The van der Waals surface area contributed by atoms with E-state index in [1.165, 1.54) is 6.07 Å². The van der Waals surface area contributed by atoms with Gasteiger partial charge in [-0.2, -0.15) is 4.39 Å². The van der Waals surface area contributed by atoms with Crippen LogP contribution in [-0.2, 0) is 6.61 Å². The third-order valence-corrected chi connectivity index (χ3v) is 3.29. The van der Waals surface area contributed by atoms with E-state index in [0.29, 0.717) is 16.3 Å². The maximum atomic E-state index is 13.4. The van der Waals surface area contributed by atoms with Crippen molar-refractivity contribution in [1.82, 2.24) is 0 Å². The van der Waals surface area contributed by atoms with Crippen LogP contribution < -0.4 is 4.74 Å². The van der Waals surface area contributed by atoms with Crippen LogP contribution >= 0.6 is 27.5 Å². The molecule has 2 aromatic carbocycles. The summed E-state index contributed by atoms with van der Waals surface area (Å²) in [5.74, 6) is -0.438. The fourth-order valence-corrected chi connectivity index (χ4v) is 2.27. The summed E-state index contributed by atoms with van der Waals surface area (Å²) in [5.41, 5.74) is -0.0810. The molecule has 0 N–H and O–H groups in total. The standard InChI is InChI=1S/C13H8BrClFNO3/c14-9-2-4-13(10(15)6-9)20-7-8-1-3-12(17(18)19)11(16)5-8/h1-6H,7H2. The highest BCUT2D eigenvalue weighted by atomic mass is 79.9. The van der Waals surface area contributed by atoms with Crippen LogP contribution in [0.2, 0.25) is 5.02 Å². The number of nitro groups is 1. The van der Waals surface area contributed by atoms with Crippen LogP contribution in [0.4, 0.5) is 10.1 Å². The van der Waals surface area contributed by atoms with Gasteiger partial charge in [-0.15, -0.1) is 0 Å². The molecule has 0 bridgehead atoms. The van der Waals surface area contributed by atoms with Crippen molar-refractivity contribution in [3.8, 4) is 5.75 Å². The number of hydrogen-bond acceptors (Lipinski definition) is 3. The third kappa shape index (κ3) is 3.46. The van der Waals surface area contributed by atoms with E-state index >= 15 is 0 Å². The Morgan fingerprint density at radius 1 is 1.30 bits per heavy atom. The molecule has 2 rings (SSSR count). The molecule has 0 saturated heterocycles. The highest BCUT2D eigenvalue weighted by Crippen LogP contribution is 2.28. The van der Waals surface area contributed by atoms with Gasteiger partial charge in [-0.25, -0.2) is 0 Å². The van der Waals surface area contributed by atoms with Crippen molar-refractivity contribution in [3.05, 3.63) is 67.4 Å². The molecule has 0 saturated carbocycles. The van der Waals surface area contributed by atoms with E-state index in [2.05, 4.69) is 15.9 Å². The van der Waals surface area contributed by atoms with Gasteiger partial charge in [0.2, 0.25) is 5.82 Å². The predicted octanol–water partition coefficient (Wildman–Crippen LogP) is 4.73. The Morgan fingerprint density at radius 2 is 2.05 bits per heavy atom. The van der Waals surface area contributed by atoms with Crippen molar-refractivity contribution in [2.45, 2.75) is 6.61 Å². The molecule has 0 fully saturated rings. The van der Waals surface area contributed by atoms with Crippen LogP contribution in [0.25, 0.3) is 0 Å². The second-order valence-corrected chi connectivity index (χ2v) is 5.23. The van der Waals surface area contributed by atoms with E-state index in [-0.39, 0.29) is 6.61 Å².